The summed E-state index contributed by atoms with van der Waals surface area (Å²) in [7, 11) is 0. The van der Waals surface area contributed by atoms with E-state index in [9.17, 15) is 14.0 Å². The Kier molecular flexibility index (Phi) is 6.54. The number of nitrogens with one attached hydrogen (secondary N) is 2. The molecule has 1 amide bonds. The van der Waals surface area contributed by atoms with Crippen LogP contribution in [-0.2, 0) is 16.0 Å². The van der Waals surface area contributed by atoms with Crippen molar-refractivity contribution >= 4 is 23.3 Å². The molecule has 1 saturated carbocycles. The molecule has 1 aliphatic rings. The van der Waals surface area contributed by atoms with Gasteiger partial charge in [-0.3, -0.25) is 9.59 Å². The summed E-state index contributed by atoms with van der Waals surface area (Å²) in [6, 6.07) is 4.63. The Hall–Kier alpha value is -1.46. The molecular formula is C17H22ClFN2O2. The van der Waals surface area contributed by atoms with Gasteiger partial charge in [0, 0.05) is 18.5 Å². The van der Waals surface area contributed by atoms with Crippen molar-refractivity contribution in [3.8, 4) is 0 Å². The first-order valence-corrected chi connectivity index (χ1v) is 8.34. The number of carbonyl (C=O) groups is 2. The molecule has 1 unspecified atom stereocenters. The number of Topliss-reactive ketones (excluding diaryl/α,β-unsaturated/α-hetero) is 1. The Morgan fingerprint density at radius 2 is 2.13 bits per heavy atom. The summed E-state index contributed by atoms with van der Waals surface area (Å²) in [5.74, 6) is -1.80. The lowest BCUT2D eigenvalue weighted by molar-refractivity contribution is -0.137. The number of hydrogen-bond acceptors (Lipinski definition) is 3. The molecule has 126 valence electrons. The molecule has 1 fully saturated rings. The second-order valence-electron chi connectivity index (χ2n) is 6.09. The van der Waals surface area contributed by atoms with E-state index in [0.717, 1.165) is 13.0 Å². The lowest BCUT2D eigenvalue weighted by Crippen LogP contribution is -2.42. The van der Waals surface area contributed by atoms with Crippen molar-refractivity contribution < 1.29 is 14.0 Å². The summed E-state index contributed by atoms with van der Waals surface area (Å²) in [5.41, 5.74) is 0.436. The van der Waals surface area contributed by atoms with Gasteiger partial charge >= 0.3 is 0 Å². The van der Waals surface area contributed by atoms with E-state index in [2.05, 4.69) is 10.6 Å². The molecule has 1 aromatic carbocycles. The van der Waals surface area contributed by atoms with Crippen LogP contribution in [0.25, 0.3) is 0 Å². The zero-order chi connectivity index (χ0) is 16.8. The third-order valence-corrected chi connectivity index (χ3v) is 4.40. The average Bonchev–Trinajstić information content (AvgIpc) is 2.45. The van der Waals surface area contributed by atoms with Gasteiger partial charge in [-0.2, -0.15) is 0 Å². The molecular weight excluding hydrogens is 319 g/mol. The van der Waals surface area contributed by atoms with Gasteiger partial charge < -0.3 is 10.6 Å². The predicted octanol–water partition coefficient (Wildman–Crippen LogP) is 2.63. The van der Waals surface area contributed by atoms with Gasteiger partial charge in [0.25, 0.3) is 5.91 Å². The van der Waals surface area contributed by atoms with Crippen molar-refractivity contribution in [1.82, 2.24) is 10.6 Å². The van der Waals surface area contributed by atoms with Gasteiger partial charge in [-0.25, -0.2) is 4.39 Å². The third-order valence-electron chi connectivity index (χ3n) is 4.09. The fourth-order valence-electron chi connectivity index (χ4n) is 2.41. The molecule has 6 heteroatoms. The van der Waals surface area contributed by atoms with Crippen LogP contribution in [0, 0.1) is 5.82 Å². The Balaban J connectivity index is 1.72. The van der Waals surface area contributed by atoms with Gasteiger partial charge in [-0.15, -0.1) is 0 Å². The number of benzene rings is 1. The van der Waals surface area contributed by atoms with Crippen LogP contribution in [0.5, 0.6) is 0 Å². The van der Waals surface area contributed by atoms with Crippen molar-refractivity contribution in [1.29, 1.82) is 0 Å². The molecule has 2 rings (SSSR count). The Morgan fingerprint density at radius 1 is 1.39 bits per heavy atom. The van der Waals surface area contributed by atoms with Crippen molar-refractivity contribution in [2.75, 3.05) is 6.54 Å². The molecule has 0 aliphatic heterocycles. The van der Waals surface area contributed by atoms with Crippen molar-refractivity contribution in [2.24, 2.45) is 0 Å². The minimum absolute atomic E-state index is 0.00163. The van der Waals surface area contributed by atoms with Crippen molar-refractivity contribution in [3.63, 3.8) is 0 Å². The molecule has 1 aliphatic carbocycles. The highest BCUT2D eigenvalue weighted by Gasteiger charge is 2.19. The quantitative estimate of drug-likeness (QED) is 0.715. The van der Waals surface area contributed by atoms with E-state index in [0.29, 0.717) is 11.6 Å². The molecule has 0 saturated heterocycles. The Bertz CT molecular complexity index is 576. The fraction of sp³-hybridized carbons (Fsp3) is 0.529. The summed E-state index contributed by atoms with van der Waals surface area (Å²) >= 11 is 5.59. The first-order valence-electron chi connectivity index (χ1n) is 7.96. The molecule has 23 heavy (non-hydrogen) atoms. The highest BCUT2D eigenvalue weighted by molar-refractivity contribution is 6.36. The largest absolute Gasteiger partial charge is 0.347 e. The second-order valence-corrected chi connectivity index (χ2v) is 6.50. The zero-order valence-electron chi connectivity index (χ0n) is 13.2. The van der Waals surface area contributed by atoms with Crippen LogP contribution < -0.4 is 10.6 Å². The second kappa shape index (κ2) is 8.41. The number of ketones is 1. The lowest BCUT2D eigenvalue weighted by Gasteiger charge is -2.27. The molecule has 2 N–H and O–H groups in total. The van der Waals surface area contributed by atoms with E-state index in [1.54, 1.807) is 6.07 Å². The molecule has 4 nitrogen and oxygen atoms in total. The summed E-state index contributed by atoms with van der Waals surface area (Å²) in [5, 5.41) is 6.10. The van der Waals surface area contributed by atoms with E-state index in [-0.39, 0.29) is 17.5 Å². The normalized spacial score (nSPS) is 15.8. The maximum Gasteiger partial charge on any atom is 0.287 e. The van der Waals surface area contributed by atoms with Crippen molar-refractivity contribution in [2.45, 2.75) is 51.1 Å². The molecule has 0 bridgehead atoms. The smallest absolute Gasteiger partial charge is 0.287 e. The van der Waals surface area contributed by atoms with Crippen LogP contribution in [0.2, 0.25) is 5.02 Å². The first kappa shape index (κ1) is 17.9. The minimum Gasteiger partial charge on any atom is -0.347 e. The number of amides is 1. The van der Waals surface area contributed by atoms with Crippen LogP contribution in [0.1, 0.15) is 38.2 Å². The van der Waals surface area contributed by atoms with E-state index in [1.807, 2.05) is 6.92 Å². The molecule has 0 aromatic heterocycles. The van der Waals surface area contributed by atoms with E-state index < -0.39 is 17.5 Å². The lowest BCUT2D eigenvalue weighted by atomic mass is 9.93. The zero-order valence-corrected chi connectivity index (χ0v) is 14.0. The molecule has 0 heterocycles. The molecule has 0 spiro atoms. The number of hydrogen-bond donors (Lipinski definition) is 2. The van der Waals surface area contributed by atoms with Gasteiger partial charge in [0.2, 0.25) is 5.78 Å². The monoisotopic (exact) mass is 340 g/mol. The molecule has 1 aromatic rings. The van der Waals surface area contributed by atoms with Gasteiger partial charge in [0.1, 0.15) is 5.82 Å². The SMILES string of the molecule is CC(CCNC1CCC1)NC(=O)C(=O)Cc1ccc(Cl)c(F)c1. The van der Waals surface area contributed by atoms with E-state index in [4.69, 9.17) is 11.6 Å². The highest BCUT2D eigenvalue weighted by atomic mass is 35.5. The van der Waals surface area contributed by atoms with Gasteiger partial charge in [-0.05, 0) is 50.4 Å². The molecule has 0 radical (unpaired) electrons. The van der Waals surface area contributed by atoms with Crippen LogP contribution in [0.15, 0.2) is 18.2 Å². The Labute approximate surface area is 140 Å². The molecule has 1 atom stereocenters. The summed E-state index contributed by atoms with van der Waals surface area (Å²) < 4.78 is 13.3. The summed E-state index contributed by atoms with van der Waals surface area (Å²) in [6.07, 6.45) is 4.36. The highest BCUT2D eigenvalue weighted by Crippen LogP contribution is 2.18. The van der Waals surface area contributed by atoms with Crippen molar-refractivity contribution in [3.05, 3.63) is 34.6 Å². The van der Waals surface area contributed by atoms with Crippen LogP contribution in [0.4, 0.5) is 4.39 Å². The topological polar surface area (TPSA) is 58.2 Å². The fourth-order valence-corrected chi connectivity index (χ4v) is 2.53. The Morgan fingerprint density at radius 3 is 2.74 bits per heavy atom. The van der Waals surface area contributed by atoms with Crippen LogP contribution >= 0.6 is 11.6 Å². The third kappa shape index (κ3) is 5.59. The summed E-state index contributed by atoms with van der Waals surface area (Å²) in [6.45, 7) is 2.69. The average molecular weight is 341 g/mol. The number of carbonyl (C=O) groups excluding carboxylic acids is 2. The maximum absolute atomic E-state index is 13.3. The van der Waals surface area contributed by atoms with Gasteiger partial charge in [0.15, 0.2) is 0 Å². The maximum atomic E-state index is 13.3. The van der Waals surface area contributed by atoms with Gasteiger partial charge in [-0.1, -0.05) is 24.1 Å². The van der Waals surface area contributed by atoms with Crippen LogP contribution in [0.3, 0.4) is 0 Å². The van der Waals surface area contributed by atoms with Gasteiger partial charge in [0.05, 0.1) is 5.02 Å². The van der Waals surface area contributed by atoms with E-state index >= 15 is 0 Å². The van der Waals surface area contributed by atoms with Crippen LogP contribution in [-0.4, -0.2) is 30.3 Å². The minimum atomic E-state index is -0.628. The van der Waals surface area contributed by atoms with E-state index in [1.165, 1.54) is 31.4 Å². The predicted molar refractivity (Wildman–Crippen MR) is 88.0 cm³/mol. The summed E-state index contributed by atoms with van der Waals surface area (Å²) in [4.78, 5) is 23.8. The number of halogens is 2. The standard InChI is InChI=1S/C17H22ClFN2O2/c1-11(7-8-20-13-3-2-4-13)21-17(23)16(22)10-12-5-6-14(18)15(19)9-12/h5-6,9,11,13,20H,2-4,7-8,10H2,1H3,(H,21,23). The first-order chi connectivity index (χ1) is 11.0. The number of rotatable bonds is 8.